The summed E-state index contributed by atoms with van der Waals surface area (Å²) in [5, 5.41) is 3.32. The minimum atomic E-state index is -0.602. The Hall–Kier alpha value is -2.54. The number of carbonyl (C=O) groups excluding carboxylic acids is 1. The molecule has 25 heavy (non-hydrogen) atoms. The van der Waals surface area contributed by atoms with Crippen molar-refractivity contribution >= 4 is 11.7 Å². The number of nitrogens with zero attached hydrogens (tertiary/aromatic N) is 3. The van der Waals surface area contributed by atoms with E-state index < -0.39 is 5.41 Å². The number of aromatic nitrogens is 3. The molecule has 132 valence electrons. The van der Waals surface area contributed by atoms with Gasteiger partial charge in [-0.05, 0) is 38.8 Å². The van der Waals surface area contributed by atoms with Crippen molar-refractivity contribution in [3.05, 3.63) is 35.7 Å². The van der Waals surface area contributed by atoms with E-state index in [9.17, 15) is 4.79 Å². The molecule has 0 atom stereocenters. The number of anilines is 1. The Kier molecular flexibility index (Phi) is 4.94. The van der Waals surface area contributed by atoms with E-state index in [-0.39, 0.29) is 5.91 Å². The van der Waals surface area contributed by atoms with Crippen molar-refractivity contribution in [1.29, 1.82) is 0 Å². The fourth-order valence-electron chi connectivity index (χ4n) is 2.94. The first-order valence-corrected chi connectivity index (χ1v) is 8.40. The van der Waals surface area contributed by atoms with Gasteiger partial charge in [0.25, 0.3) is 0 Å². The number of nitrogens with one attached hydrogen (secondary N) is 1. The van der Waals surface area contributed by atoms with E-state index in [0.717, 1.165) is 11.3 Å². The molecule has 0 aliphatic carbocycles. The van der Waals surface area contributed by atoms with Crippen LogP contribution in [0.4, 0.5) is 5.82 Å². The maximum Gasteiger partial charge on any atom is 0.225 e. The minimum absolute atomic E-state index is 0.295. The molecule has 0 saturated carbocycles. The summed E-state index contributed by atoms with van der Waals surface area (Å²) in [5.74, 6) is 0.975. The quantitative estimate of drug-likeness (QED) is 0.860. The van der Waals surface area contributed by atoms with Crippen LogP contribution in [0.15, 0.2) is 24.4 Å². The Bertz CT molecular complexity index is 758. The van der Waals surface area contributed by atoms with Crippen molar-refractivity contribution in [3.8, 4) is 11.5 Å². The van der Waals surface area contributed by atoms with E-state index in [2.05, 4.69) is 20.3 Å². The Morgan fingerprint density at radius 2 is 2.04 bits per heavy atom. The van der Waals surface area contributed by atoms with Crippen LogP contribution >= 0.6 is 0 Å². The average molecular weight is 341 g/mol. The third-order valence-corrected chi connectivity index (χ3v) is 4.85. The van der Waals surface area contributed by atoms with Crippen LogP contribution < -0.4 is 11.1 Å². The summed E-state index contributed by atoms with van der Waals surface area (Å²) in [6.45, 7) is 5.43. The van der Waals surface area contributed by atoms with Gasteiger partial charge in [0.15, 0.2) is 5.82 Å². The predicted molar refractivity (Wildman–Crippen MR) is 94.9 cm³/mol. The van der Waals surface area contributed by atoms with E-state index in [1.807, 2.05) is 32.0 Å². The second-order valence-corrected chi connectivity index (χ2v) is 6.43. The molecule has 7 heteroatoms. The lowest BCUT2D eigenvalue weighted by Crippen LogP contribution is -2.46. The van der Waals surface area contributed by atoms with E-state index in [1.54, 1.807) is 6.20 Å². The van der Waals surface area contributed by atoms with Gasteiger partial charge < -0.3 is 15.8 Å². The van der Waals surface area contributed by atoms with Crippen molar-refractivity contribution < 1.29 is 9.53 Å². The SMILES string of the molecule is Cc1nc(-c2ccccn2)nc(NCC2(C(N)=O)CCOCC2)c1C. The van der Waals surface area contributed by atoms with E-state index in [4.69, 9.17) is 10.5 Å². The van der Waals surface area contributed by atoms with Crippen LogP contribution in [0.1, 0.15) is 24.1 Å². The average Bonchev–Trinajstić information content (AvgIpc) is 2.64. The molecule has 3 N–H and O–H groups in total. The van der Waals surface area contributed by atoms with Gasteiger partial charge in [0.2, 0.25) is 5.91 Å². The van der Waals surface area contributed by atoms with Crippen LogP contribution in [0.5, 0.6) is 0 Å². The summed E-state index contributed by atoms with van der Waals surface area (Å²) in [6.07, 6.45) is 2.95. The summed E-state index contributed by atoms with van der Waals surface area (Å²) in [5.41, 5.74) is 7.61. The molecule has 1 fully saturated rings. The summed E-state index contributed by atoms with van der Waals surface area (Å²) >= 11 is 0. The van der Waals surface area contributed by atoms with Gasteiger partial charge in [-0.15, -0.1) is 0 Å². The van der Waals surface area contributed by atoms with Crippen molar-refractivity contribution in [1.82, 2.24) is 15.0 Å². The van der Waals surface area contributed by atoms with Gasteiger partial charge >= 0.3 is 0 Å². The van der Waals surface area contributed by atoms with Crippen LogP contribution in [0.25, 0.3) is 11.5 Å². The number of primary amides is 1. The molecule has 2 aromatic heterocycles. The Morgan fingerprint density at radius 1 is 1.28 bits per heavy atom. The van der Waals surface area contributed by atoms with Gasteiger partial charge in [-0.25, -0.2) is 9.97 Å². The number of hydrogen-bond acceptors (Lipinski definition) is 6. The highest BCUT2D eigenvalue weighted by atomic mass is 16.5. The molecule has 0 aromatic carbocycles. The summed E-state index contributed by atoms with van der Waals surface area (Å²) in [4.78, 5) is 25.5. The normalized spacial score (nSPS) is 16.4. The lowest BCUT2D eigenvalue weighted by Gasteiger charge is -2.34. The number of aryl methyl sites for hydroxylation is 1. The smallest absolute Gasteiger partial charge is 0.225 e. The molecule has 0 bridgehead atoms. The second-order valence-electron chi connectivity index (χ2n) is 6.43. The minimum Gasteiger partial charge on any atom is -0.381 e. The van der Waals surface area contributed by atoms with Crippen LogP contribution in [0.3, 0.4) is 0 Å². The fraction of sp³-hybridized carbons (Fsp3) is 0.444. The monoisotopic (exact) mass is 341 g/mol. The molecule has 0 radical (unpaired) electrons. The Morgan fingerprint density at radius 3 is 2.68 bits per heavy atom. The van der Waals surface area contributed by atoms with Crippen molar-refractivity contribution in [2.75, 3.05) is 25.1 Å². The molecule has 0 spiro atoms. The second kappa shape index (κ2) is 7.14. The number of amides is 1. The van der Waals surface area contributed by atoms with Crippen molar-refractivity contribution in [2.45, 2.75) is 26.7 Å². The van der Waals surface area contributed by atoms with E-state index >= 15 is 0 Å². The van der Waals surface area contributed by atoms with Crippen LogP contribution in [0, 0.1) is 19.3 Å². The number of rotatable bonds is 5. The maximum absolute atomic E-state index is 12.0. The zero-order chi connectivity index (χ0) is 17.9. The van der Waals surface area contributed by atoms with Crippen LogP contribution in [-0.2, 0) is 9.53 Å². The number of carbonyl (C=O) groups is 1. The molecule has 0 unspecified atom stereocenters. The fourth-order valence-corrected chi connectivity index (χ4v) is 2.94. The highest BCUT2D eigenvalue weighted by molar-refractivity contribution is 5.81. The van der Waals surface area contributed by atoms with Crippen molar-refractivity contribution in [2.24, 2.45) is 11.1 Å². The molecule has 1 aliphatic heterocycles. The molecule has 1 saturated heterocycles. The molecule has 3 rings (SSSR count). The first-order valence-electron chi connectivity index (χ1n) is 8.40. The van der Waals surface area contributed by atoms with Gasteiger partial charge in [-0.2, -0.15) is 0 Å². The molecule has 1 amide bonds. The first-order chi connectivity index (χ1) is 12.0. The zero-order valence-electron chi connectivity index (χ0n) is 14.6. The number of hydrogen-bond donors (Lipinski definition) is 2. The summed E-state index contributed by atoms with van der Waals surface area (Å²) < 4.78 is 5.38. The summed E-state index contributed by atoms with van der Waals surface area (Å²) in [7, 11) is 0. The Balaban J connectivity index is 1.87. The third-order valence-electron chi connectivity index (χ3n) is 4.85. The Labute approximate surface area is 147 Å². The standard InChI is InChI=1S/C18H23N5O2/c1-12-13(2)22-16(14-5-3-4-8-20-14)23-15(12)21-11-18(17(19)24)6-9-25-10-7-18/h3-5,8H,6-7,9-11H2,1-2H3,(H2,19,24)(H,21,22,23). The van der Waals surface area contributed by atoms with E-state index in [1.165, 1.54) is 0 Å². The zero-order valence-corrected chi connectivity index (χ0v) is 14.6. The summed E-state index contributed by atoms with van der Waals surface area (Å²) in [6, 6.07) is 5.63. The third kappa shape index (κ3) is 3.61. The molecular weight excluding hydrogens is 318 g/mol. The van der Waals surface area contributed by atoms with Gasteiger partial charge in [-0.3, -0.25) is 9.78 Å². The molecular formula is C18H23N5O2. The lowest BCUT2D eigenvalue weighted by molar-refractivity contribution is -0.132. The molecule has 7 nitrogen and oxygen atoms in total. The first kappa shape index (κ1) is 17.3. The molecule has 3 heterocycles. The van der Waals surface area contributed by atoms with Gasteiger partial charge in [-0.1, -0.05) is 6.07 Å². The van der Waals surface area contributed by atoms with Gasteiger partial charge in [0.1, 0.15) is 11.5 Å². The highest BCUT2D eigenvalue weighted by Gasteiger charge is 2.38. The predicted octanol–water partition coefficient (Wildman–Crippen LogP) is 1.85. The van der Waals surface area contributed by atoms with E-state index in [0.29, 0.717) is 49.9 Å². The van der Waals surface area contributed by atoms with Gasteiger partial charge in [0.05, 0.1) is 5.41 Å². The topological polar surface area (TPSA) is 103 Å². The highest BCUT2D eigenvalue weighted by Crippen LogP contribution is 2.31. The largest absolute Gasteiger partial charge is 0.381 e. The van der Waals surface area contributed by atoms with Crippen LogP contribution in [-0.4, -0.2) is 40.6 Å². The van der Waals surface area contributed by atoms with Crippen molar-refractivity contribution in [3.63, 3.8) is 0 Å². The number of nitrogens with two attached hydrogens (primary N) is 1. The van der Waals surface area contributed by atoms with Crippen LogP contribution in [0.2, 0.25) is 0 Å². The molecule has 2 aromatic rings. The van der Waals surface area contributed by atoms with Gasteiger partial charge in [0, 0.05) is 37.2 Å². The molecule has 1 aliphatic rings. The maximum atomic E-state index is 12.0. The lowest BCUT2D eigenvalue weighted by atomic mass is 9.79. The number of pyridine rings is 1. The number of ether oxygens (including phenoxy) is 1.